The van der Waals surface area contributed by atoms with Crippen molar-refractivity contribution < 1.29 is 19.5 Å². The summed E-state index contributed by atoms with van der Waals surface area (Å²) in [4.78, 5) is 53.6. The van der Waals surface area contributed by atoms with E-state index in [1.54, 1.807) is 6.07 Å². The Labute approximate surface area is 303 Å². The molecule has 51 heavy (non-hydrogen) atoms. The summed E-state index contributed by atoms with van der Waals surface area (Å²) in [7, 11) is 0. The number of hydrogen-bond acceptors (Lipinski definition) is 6. The molecule has 1 aromatic carbocycles. The second-order valence-corrected chi connectivity index (χ2v) is 16.4. The minimum absolute atomic E-state index is 0.135. The van der Waals surface area contributed by atoms with Crippen LogP contribution in [0.1, 0.15) is 125 Å². The Bertz CT molecular complexity index is 1630. The number of aromatic nitrogens is 3. The zero-order chi connectivity index (χ0) is 36.1. The van der Waals surface area contributed by atoms with Crippen molar-refractivity contribution in [2.24, 2.45) is 23.7 Å². The third kappa shape index (κ3) is 9.03. The van der Waals surface area contributed by atoms with Crippen LogP contribution in [0.25, 0.3) is 11.4 Å². The molecule has 1 unspecified atom stereocenters. The average molecular weight is 694 g/mol. The van der Waals surface area contributed by atoms with Gasteiger partial charge in [-0.15, -0.1) is 0 Å². The molecule has 2 amide bonds. The maximum Gasteiger partial charge on any atom is 0.310 e. The Balaban J connectivity index is 1.06. The zero-order valence-corrected chi connectivity index (χ0v) is 30.8. The van der Waals surface area contributed by atoms with E-state index >= 15 is 0 Å². The van der Waals surface area contributed by atoms with E-state index in [0.29, 0.717) is 17.3 Å². The van der Waals surface area contributed by atoms with Gasteiger partial charge in [-0.3, -0.25) is 19.4 Å². The monoisotopic (exact) mass is 693 g/mol. The molecule has 6 rings (SSSR count). The van der Waals surface area contributed by atoms with E-state index in [-0.39, 0.29) is 30.8 Å². The minimum Gasteiger partial charge on any atom is -0.481 e. The van der Waals surface area contributed by atoms with Crippen LogP contribution >= 0.6 is 0 Å². The summed E-state index contributed by atoms with van der Waals surface area (Å²) in [6.45, 7) is 8.75. The second-order valence-electron chi connectivity index (χ2n) is 16.4. The zero-order valence-electron chi connectivity index (χ0n) is 30.8. The van der Waals surface area contributed by atoms with Crippen LogP contribution < -0.4 is 5.32 Å². The highest BCUT2D eigenvalue weighted by molar-refractivity contribution is 5.97. The Morgan fingerprint density at radius 2 is 1.47 bits per heavy atom. The quantitative estimate of drug-likeness (QED) is 0.212. The van der Waals surface area contributed by atoms with Gasteiger partial charge < -0.3 is 15.3 Å². The first-order valence-electron chi connectivity index (χ1n) is 19.2. The lowest BCUT2D eigenvalue weighted by atomic mass is 9.68. The normalized spacial score (nSPS) is 23.3. The lowest BCUT2D eigenvalue weighted by Gasteiger charge is -2.39. The molecule has 272 valence electrons. The number of nitrogens with one attached hydrogen (secondary N) is 1. The van der Waals surface area contributed by atoms with E-state index in [1.165, 1.54) is 80.9 Å². The maximum atomic E-state index is 13.5. The summed E-state index contributed by atoms with van der Waals surface area (Å²) in [6, 6.07) is 10.5. The number of nitrogens with zero attached hydrogens (tertiary/aromatic N) is 4. The van der Waals surface area contributed by atoms with Crippen LogP contribution in [-0.2, 0) is 21.4 Å². The molecule has 9 heteroatoms. The van der Waals surface area contributed by atoms with E-state index in [1.807, 2.05) is 42.7 Å². The number of aliphatic carboxylic acids is 1. The summed E-state index contributed by atoms with van der Waals surface area (Å²) in [5.74, 6) is 1.77. The minimum atomic E-state index is -0.919. The fourth-order valence-corrected chi connectivity index (χ4v) is 8.45. The Morgan fingerprint density at radius 1 is 0.843 bits per heavy atom. The number of carboxylic acids is 1. The van der Waals surface area contributed by atoms with Crippen LogP contribution in [0.15, 0.2) is 55.0 Å². The summed E-state index contributed by atoms with van der Waals surface area (Å²) < 4.78 is 0. The molecule has 3 aliphatic rings. The van der Waals surface area contributed by atoms with Gasteiger partial charge in [0.2, 0.25) is 5.91 Å². The van der Waals surface area contributed by atoms with Gasteiger partial charge in [0.15, 0.2) is 5.82 Å². The molecule has 2 N–H and O–H groups in total. The molecule has 3 fully saturated rings. The van der Waals surface area contributed by atoms with Crippen molar-refractivity contribution >= 4 is 17.8 Å². The first kappa shape index (κ1) is 36.6. The molecule has 9 nitrogen and oxygen atoms in total. The number of carbonyl (C=O) groups excluding carboxylic acids is 2. The van der Waals surface area contributed by atoms with Crippen LogP contribution in [0.4, 0.5) is 0 Å². The Hall–Kier alpha value is -4.14. The number of rotatable bonds is 11. The molecule has 1 aliphatic heterocycles. The fraction of sp³-hybridized carbons (Fsp3) is 0.571. The van der Waals surface area contributed by atoms with E-state index < -0.39 is 23.8 Å². The highest BCUT2D eigenvalue weighted by Gasteiger charge is 2.39. The van der Waals surface area contributed by atoms with Crippen molar-refractivity contribution in [1.82, 2.24) is 25.2 Å². The van der Waals surface area contributed by atoms with Crippen molar-refractivity contribution in [3.8, 4) is 11.4 Å². The van der Waals surface area contributed by atoms with Gasteiger partial charge >= 0.3 is 5.97 Å². The topological polar surface area (TPSA) is 125 Å². The van der Waals surface area contributed by atoms with Crippen LogP contribution in [0.3, 0.4) is 0 Å². The number of amides is 2. The molecular formula is C42H55N5O4. The number of hydrogen-bond donors (Lipinski definition) is 2. The molecule has 2 aliphatic carbocycles. The van der Waals surface area contributed by atoms with Crippen LogP contribution in [-0.4, -0.2) is 61.9 Å². The fourth-order valence-electron chi connectivity index (χ4n) is 8.45. The highest BCUT2D eigenvalue weighted by Crippen LogP contribution is 2.44. The molecule has 2 aromatic heterocycles. The standard InChI is InChI=1S/C42H55N5O4/c1-5-6-27-7-11-29(12-8-27)30-15-17-31(18-16-30)34-23-44-38(45-24-34)32-13-9-28(10-14-32)21-36(40(49)47-25-35(26-47)41(50)51)46-39(48)33-19-20-37(43-22-33)42(2,3)4/h9-10,13-14,19-20,22-24,27,29-31,35-36H,5-8,11-12,15-18,21,25-26H2,1-4H3,(H,46,48)(H,50,51). The number of pyridine rings is 1. The Morgan fingerprint density at radius 3 is 2.02 bits per heavy atom. The molecule has 1 atom stereocenters. The Kier molecular flexibility index (Phi) is 11.5. The number of likely N-dealkylation sites (tertiary alicyclic amines) is 1. The van der Waals surface area contributed by atoms with Gasteiger partial charge in [0.25, 0.3) is 5.91 Å². The lowest BCUT2D eigenvalue weighted by molar-refractivity contribution is -0.153. The molecule has 2 saturated carbocycles. The summed E-state index contributed by atoms with van der Waals surface area (Å²) in [5.41, 5.74) is 4.05. The largest absolute Gasteiger partial charge is 0.481 e. The average Bonchev–Trinajstić information content (AvgIpc) is 3.11. The highest BCUT2D eigenvalue weighted by atomic mass is 16.4. The maximum absolute atomic E-state index is 13.5. The van der Waals surface area contributed by atoms with Crippen LogP contribution in [0.5, 0.6) is 0 Å². The van der Waals surface area contributed by atoms with E-state index in [0.717, 1.165) is 34.6 Å². The predicted octanol–water partition coefficient (Wildman–Crippen LogP) is 7.60. The van der Waals surface area contributed by atoms with E-state index in [4.69, 9.17) is 9.97 Å². The van der Waals surface area contributed by atoms with Crippen molar-refractivity contribution in [3.05, 3.63) is 77.4 Å². The number of carbonyl (C=O) groups is 3. The summed E-state index contributed by atoms with van der Waals surface area (Å²) in [5, 5.41) is 12.2. The van der Waals surface area contributed by atoms with Crippen molar-refractivity contribution in [2.75, 3.05) is 13.1 Å². The van der Waals surface area contributed by atoms with Gasteiger partial charge in [-0.1, -0.05) is 77.6 Å². The van der Waals surface area contributed by atoms with Gasteiger partial charge in [0, 0.05) is 54.8 Å². The van der Waals surface area contributed by atoms with Crippen molar-refractivity contribution in [1.29, 1.82) is 0 Å². The lowest BCUT2D eigenvalue weighted by Crippen LogP contribution is -2.59. The smallest absolute Gasteiger partial charge is 0.310 e. The molecule has 0 radical (unpaired) electrons. The molecule has 0 bridgehead atoms. The van der Waals surface area contributed by atoms with Gasteiger partial charge in [0.05, 0.1) is 11.5 Å². The van der Waals surface area contributed by atoms with E-state index in [2.05, 4.69) is 38.0 Å². The molecule has 3 heterocycles. The first-order chi connectivity index (χ1) is 24.5. The first-order valence-corrected chi connectivity index (χ1v) is 19.2. The third-order valence-electron chi connectivity index (χ3n) is 11.8. The van der Waals surface area contributed by atoms with E-state index in [9.17, 15) is 19.5 Å². The number of carboxylic acid groups (broad SMARTS) is 1. The SMILES string of the molecule is CCCC1CCC(C2CCC(c3cnc(-c4ccc(CC(NC(=O)c5ccc(C(C)(C)C)nc5)C(=O)N5CC(C(=O)O)C5)cc4)nc3)CC2)CC1. The summed E-state index contributed by atoms with van der Waals surface area (Å²) in [6.07, 6.45) is 19.3. The van der Waals surface area contributed by atoms with Gasteiger partial charge in [-0.25, -0.2) is 9.97 Å². The molecule has 1 saturated heterocycles. The number of benzene rings is 1. The van der Waals surface area contributed by atoms with Gasteiger partial charge in [-0.05, 0) is 85.5 Å². The van der Waals surface area contributed by atoms with Gasteiger partial charge in [-0.2, -0.15) is 0 Å². The molecule has 0 spiro atoms. The van der Waals surface area contributed by atoms with Crippen molar-refractivity contribution in [2.45, 2.75) is 116 Å². The van der Waals surface area contributed by atoms with Crippen molar-refractivity contribution in [3.63, 3.8) is 0 Å². The second kappa shape index (κ2) is 16.0. The van der Waals surface area contributed by atoms with Gasteiger partial charge in [0.1, 0.15) is 6.04 Å². The molecule has 3 aromatic rings. The van der Waals surface area contributed by atoms with Crippen LogP contribution in [0, 0.1) is 23.7 Å². The predicted molar refractivity (Wildman–Crippen MR) is 198 cm³/mol. The van der Waals surface area contributed by atoms with Crippen LogP contribution in [0.2, 0.25) is 0 Å². The summed E-state index contributed by atoms with van der Waals surface area (Å²) >= 11 is 0. The molecular weight excluding hydrogens is 638 g/mol. The third-order valence-corrected chi connectivity index (χ3v) is 11.8.